The molecule has 11 heteroatoms. The minimum absolute atomic E-state index is 0.0165. The lowest BCUT2D eigenvalue weighted by molar-refractivity contribution is -0.199. The van der Waals surface area contributed by atoms with E-state index in [0.717, 1.165) is 24.0 Å². The smallest absolute Gasteiger partial charge is 0.404 e. The Morgan fingerprint density at radius 3 is 2.49 bits per heavy atom. The highest BCUT2D eigenvalue weighted by atomic mass is 16.7. The van der Waals surface area contributed by atoms with Crippen molar-refractivity contribution in [3.8, 4) is 0 Å². The Hall–Kier alpha value is -4.48. The summed E-state index contributed by atoms with van der Waals surface area (Å²) in [4.78, 5) is 38.2. The van der Waals surface area contributed by atoms with Crippen LogP contribution in [0.2, 0.25) is 0 Å². The molecule has 4 aromatic rings. The predicted molar refractivity (Wildman–Crippen MR) is 186 cm³/mol. The van der Waals surface area contributed by atoms with Crippen molar-refractivity contribution in [2.45, 2.75) is 76.1 Å². The molecule has 2 N–H and O–H groups in total. The number of carbonyl (C=O) groups is 2. The number of pyridine rings is 1. The van der Waals surface area contributed by atoms with Gasteiger partial charge in [0.1, 0.15) is 11.3 Å². The third-order valence-electron chi connectivity index (χ3n) is 11.6. The van der Waals surface area contributed by atoms with Crippen LogP contribution in [0, 0.1) is 17.3 Å². The van der Waals surface area contributed by atoms with Gasteiger partial charge >= 0.3 is 7.12 Å². The maximum absolute atomic E-state index is 14.6. The molecule has 2 amide bonds. The van der Waals surface area contributed by atoms with E-state index < -0.39 is 24.3 Å². The third kappa shape index (κ3) is 5.62. The van der Waals surface area contributed by atoms with Gasteiger partial charge in [0.15, 0.2) is 0 Å². The third-order valence-corrected chi connectivity index (χ3v) is 11.6. The molecule has 9 rings (SSSR count). The number of hydrogen-bond acceptors (Lipinski definition) is 7. The average Bonchev–Trinajstić information content (AvgIpc) is 3.84. The van der Waals surface area contributed by atoms with Crippen molar-refractivity contribution in [1.29, 1.82) is 0 Å². The fourth-order valence-electron chi connectivity index (χ4n) is 8.72. The molecule has 1 unspecified atom stereocenters. The molecule has 3 aliphatic carbocycles. The van der Waals surface area contributed by atoms with Gasteiger partial charge in [-0.3, -0.25) is 14.0 Å². The summed E-state index contributed by atoms with van der Waals surface area (Å²) in [6.07, 6.45) is 6.54. The lowest BCUT2D eigenvalue weighted by Crippen LogP contribution is -2.65. The normalized spacial score (nSPS) is 28.6. The molecule has 2 bridgehead atoms. The van der Waals surface area contributed by atoms with Gasteiger partial charge in [0.05, 0.1) is 29.9 Å². The number of fused-ring (bicyclic) bond motifs is 1. The van der Waals surface area contributed by atoms with Gasteiger partial charge in [-0.2, -0.15) is 0 Å². The number of oxime groups is 1. The first-order chi connectivity index (χ1) is 23.6. The summed E-state index contributed by atoms with van der Waals surface area (Å²) >= 11 is 0. The summed E-state index contributed by atoms with van der Waals surface area (Å²) in [5, 5.41) is 10.7. The van der Waals surface area contributed by atoms with E-state index in [2.05, 4.69) is 53.7 Å². The van der Waals surface area contributed by atoms with Crippen LogP contribution in [-0.4, -0.2) is 63.8 Å². The fraction of sp³-hybridized carbons (Fsp3) is 0.421. The molecule has 6 atom stereocenters. The maximum atomic E-state index is 14.6. The van der Waals surface area contributed by atoms with E-state index in [0.29, 0.717) is 41.7 Å². The molecule has 4 heterocycles. The Labute approximate surface area is 286 Å². The molecule has 2 aromatic carbocycles. The van der Waals surface area contributed by atoms with Crippen molar-refractivity contribution in [2.75, 3.05) is 6.54 Å². The van der Waals surface area contributed by atoms with Crippen LogP contribution >= 0.6 is 0 Å². The highest BCUT2D eigenvalue weighted by Crippen LogP contribution is 2.65. The number of nitrogens with zero attached hydrogens (tertiary/aromatic N) is 3. The monoisotopic (exact) mass is 659 g/mol. The summed E-state index contributed by atoms with van der Waals surface area (Å²) in [6.45, 7) is 7.01. The molecule has 1 saturated heterocycles. The zero-order valence-electron chi connectivity index (χ0n) is 28.2. The molecule has 4 fully saturated rings. The standard InChI is InChI=1S/C38H42BN5O5/c1-36(2)27-20-30(36)37(3)31(21-27)47-39(48-37)32(19-25-11-6-4-7-12-25)42-35(46)38(22-26-13-8-5-9-14-26)23-28(43-49-38)24-41-34(45)29-15-10-16-33-40-17-18-44(29)33/h4-18,27,30-32H,19-24H2,1-3H3,(H,41,45)(H,42,46)/t27-,30-,31+,32-,37-,38?/m0/s1. The molecular weight excluding hydrogens is 617 g/mol. The number of aromatic nitrogens is 2. The van der Waals surface area contributed by atoms with Crippen molar-refractivity contribution < 1.29 is 23.7 Å². The maximum Gasteiger partial charge on any atom is 0.482 e. The molecule has 5 aliphatic rings. The Balaban J connectivity index is 1.02. The Morgan fingerprint density at radius 2 is 1.73 bits per heavy atom. The van der Waals surface area contributed by atoms with Gasteiger partial charge in [-0.25, -0.2) is 4.98 Å². The van der Waals surface area contributed by atoms with Crippen LogP contribution in [0.3, 0.4) is 0 Å². The van der Waals surface area contributed by atoms with Gasteiger partial charge in [0.2, 0.25) is 5.60 Å². The van der Waals surface area contributed by atoms with E-state index in [1.807, 2.05) is 54.6 Å². The van der Waals surface area contributed by atoms with Gasteiger partial charge < -0.3 is 24.8 Å². The Morgan fingerprint density at radius 1 is 0.980 bits per heavy atom. The van der Waals surface area contributed by atoms with Gasteiger partial charge in [-0.1, -0.05) is 85.7 Å². The van der Waals surface area contributed by atoms with Gasteiger partial charge in [-0.05, 0) is 66.7 Å². The minimum Gasteiger partial charge on any atom is -0.404 e. The molecule has 49 heavy (non-hydrogen) atoms. The molecular formula is C38H42BN5O5. The highest BCUT2D eigenvalue weighted by molar-refractivity contribution is 6.48. The number of benzene rings is 2. The van der Waals surface area contributed by atoms with Gasteiger partial charge in [0.25, 0.3) is 11.8 Å². The van der Waals surface area contributed by atoms with Crippen LogP contribution in [0.4, 0.5) is 0 Å². The topological polar surface area (TPSA) is 116 Å². The van der Waals surface area contributed by atoms with E-state index in [1.165, 1.54) is 0 Å². The van der Waals surface area contributed by atoms with Gasteiger partial charge in [-0.15, -0.1) is 0 Å². The second-order valence-corrected chi connectivity index (χ2v) is 14.9. The summed E-state index contributed by atoms with van der Waals surface area (Å²) in [5.74, 6) is -0.0112. The van der Waals surface area contributed by atoms with E-state index >= 15 is 0 Å². The average molecular weight is 660 g/mol. The highest BCUT2D eigenvalue weighted by Gasteiger charge is 2.68. The molecule has 3 saturated carbocycles. The number of imidazole rings is 1. The number of nitrogens with one attached hydrogen (secondary N) is 2. The van der Waals surface area contributed by atoms with Crippen molar-refractivity contribution in [1.82, 2.24) is 20.0 Å². The van der Waals surface area contributed by atoms with Crippen LogP contribution < -0.4 is 10.6 Å². The molecule has 252 valence electrons. The van der Waals surface area contributed by atoms with E-state index in [9.17, 15) is 9.59 Å². The van der Waals surface area contributed by atoms with Crippen molar-refractivity contribution in [2.24, 2.45) is 22.4 Å². The van der Waals surface area contributed by atoms with Crippen LogP contribution in [-0.2, 0) is 31.8 Å². The van der Waals surface area contributed by atoms with Crippen LogP contribution in [0.5, 0.6) is 0 Å². The number of amides is 2. The lowest BCUT2D eigenvalue weighted by Gasteiger charge is -2.64. The Kier molecular flexibility index (Phi) is 7.87. The fourth-order valence-corrected chi connectivity index (χ4v) is 8.72. The summed E-state index contributed by atoms with van der Waals surface area (Å²) in [5.41, 5.74) is 2.20. The first kappa shape index (κ1) is 31.8. The first-order valence-electron chi connectivity index (χ1n) is 17.3. The van der Waals surface area contributed by atoms with Crippen molar-refractivity contribution >= 4 is 30.3 Å². The molecule has 0 spiro atoms. The van der Waals surface area contributed by atoms with Crippen molar-refractivity contribution in [3.63, 3.8) is 0 Å². The van der Waals surface area contributed by atoms with Crippen LogP contribution in [0.25, 0.3) is 5.65 Å². The summed E-state index contributed by atoms with van der Waals surface area (Å²) in [7, 11) is -0.616. The van der Waals surface area contributed by atoms with Gasteiger partial charge in [0, 0.05) is 25.2 Å². The molecule has 2 aliphatic heterocycles. The lowest BCUT2D eigenvalue weighted by atomic mass is 9.43. The molecule has 2 aromatic heterocycles. The summed E-state index contributed by atoms with van der Waals surface area (Å²) < 4.78 is 15.3. The SMILES string of the molecule is CC1(C)[C@@H]2C[C@H]3OB([C@H](Cc4ccccc4)NC(=O)C4(Cc5ccccc5)CC(CNC(=O)c5cccc6nccn56)=NO4)O[C@@]3(C)[C@H]1C2. The van der Waals surface area contributed by atoms with Crippen LogP contribution in [0.1, 0.15) is 61.6 Å². The number of carbonyl (C=O) groups excluding carboxylic acids is 2. The molecule has 10 nitrogen and oxygen atoms in total. The Bertz CT molecular complexity index is 1900. The zero-order chi connectivity index (χ0) is 33.8. The van der Waals surface area contributed by atoms with Crippen LogP contribution in [0.15, 0.2) is 96.4 Å². The largest absolute Gasteiger partial charge is 0.482 e. The van der Waals surface area contributed by atoms with E-state index in [-0.39, 0.29) is 36.3 Å². The minimum atomic E-state index is -1.32. The molecule has 0 radical (unpaired) electrons. The quantitative estimate of drug-likeness (QED) is 0.236. The van der Waals surface area contributed by atoms with Crippen molar-refractivity contribution in [3.05, 3.63) is 108 Å². The second-order valence-electron chi connectivity index (χ2n) is 14.9. The zero-order valence-corrected chi connectivity index (χ0v) is 28.2. The van der Waals surface area contributed by atoms with E-state index in [4.69, 9.17) is 14.1 Å². The number of rotatable bonds is 10. The first-order valence-corrected chi connectivity index (χ1v) is 17.3. The predicted octanol–water partition coefficient (Wildman–Crippen LogP) is 4.82. The summed E-state index contributed by atoms with van der Waals surface area (Å²) in [6, 6.07) is 25.3. The van der Waals surface area contributed by atoms with E-state index in [1.54, 1.807) is 28.9 Å². The number of hydrogen-bond donors (Lipinski definition) is 2. The second kappa shape index (κ2) is 12.1.